The van der Waals surface area contributed by atoms with Crippen molar-refractivity contribution in [2.24, 2.45) is 0 Å². The zero-order valence-corrected chi connectivity index (χ0v) is 20.5. The highest BCUT2D eigenvalue weighted by Crippen LogP contribution is 2.32. The molecule has 0 saturated carbocycles. The minimum atomic E-state index is 0.147. The molecule has 4 fully saturated rings. The maximum atomic E-state index is 6.18. The summed E-state index contributed by atoms with van der Waals surface area (Å²) in [5.41, 5.74) is 2.74. The Balaban J connectivity index is 1.01. The third kappa shape index (κ3) is 4.26. The van der Waals surface area contributed by atoms with E-state index in [1.807, 2.05) is 0 Å². The molecule has 3 aromatic rings. The molecule has 0 aliphatic carbocycles. The summed E-state index contributed by atoms with van der Waals surface area (Å²) in [6, 6.07) is 28.7. The Morgan fingerprint density at radius 1 is 0.611 bits per heavy atom. The first-order valence-electron chi connectivity index (χ1n) is 13.1. The van der Waals surface area contributed by atoms with Crippen molar-refractivity contribution < 1.29 is 9.47 Å². The highest BCUT2D eigenvalue weighted by Gasteiger charge is 2.43. The van der Waals surface area contributed by atoms with Gasteiger partial charge in [0.2, 0.25) is 0 Å². The molecular formula is C29H33N5O2. The van der Waals surface area contributed by atoms with Crippen molar-refractivity contribution in [2.75, 3.05) is 49.4 Å². The molecule has 4 saturated heterocycles. The van der Waals surface area contributed by atoms with E-state index in [9.17, 15) is 0 Å². The zero-order chi connectivity index (χ0) is 23.9. The maximum absolute atomic E-state index is 6.18. The fraction of sp³-hybridized carbons (Fsp3) is 0.414. The van der Waals surface area contributed by atoms with Gasteiger partial charge in [0.05, 0.1) is 39.6 Å². The average molecular weight is 484 g/mol. The number of aromatic nitrogens is 1. The maximum Gasteiger partial charge on any atom is 0.132 e. The van der Waals surface area contributed by atoms with Gasteiger partial charge in [-0.2, -0.15) is 0 Å². The van der Waals surface area contributed by atoms with Gasteiger partial charge >= 0.3 is 0 Å². The van der Waals surface area contributed by atoms with Crippen LogP contribution in [0.1, 0.15) is 11.1 Å². The Kier molecular flexibility index (Phi) is 5.86. The molecule has 0 N–H and O–H groups in total. The number of anilines is 2. The largest absolute Gasteiger partial charge is 0.360 e. The van der Waals surface area contributed by atoms with Gasteiger partial charge in [0.1, 0.15) is 24.1 Å². The second-order valence-electron chi connectivity index (χ2n) is 10.4. The van der Waals surface area contributed by atoms with Crippen LogP contribution in [0.4, 0.5) is 11.6 Å². The lowest BCUT2D eigenvalue weighted by Gasteiger charge is -2.25. The predicted molar refractivity (Wildman–Crippen MR) is 140 cm³/mol. The fourth-order valence-corrected chi connectivity index (χ4v) is 6.13. The molecule has 0 radical (unpaired) electrons. The Morgan fingerprint density at radius 2 is 1.08 bits per heavy atom. The van der Waals surface area contributed by atoms with Gasteiger partial charge in [-0.05, 0) is 36.1 Å². The summed E-state index contributed by atoms with van der Waals surface area (Å²) >= 11 is 0. The smallest absolute Gasteiger partial charge is 0.132 e. The van der Waals surface area contributed by atoms with Crippen LogP contribution < -0.4 is 9.80 Å². The molecule has 7 heteroatoms. The van der Waals surface area contributed by atoms with Gasteiger partial charge in [0, 0.05) is 12.1 Å². The van der Waals surface area contributed by atoms with Crippen LogP contribution in [0.25, 0.3) is 0 Å². The van der Waals surface area contributed by atoms with Crippen LogP contribution in [-0.4, -0.2) is 79.0 Å². The summed E-state index contributed by atoms with van der Waals surface area (Å²) in [4.78, 5) is 14.8. The van der Waals surface area contributed by atoms with Crippen molar-refractivity contribution in [1.29, 1.82) is 0 Å². The number of nitrogens with zero attached hydrogens (tertiary/aromatic N) is 5. The van der Waals surface area contributed by atoms with Crippen LogP contribution in [-0.2, 0) is 22.3 Å². The SMILES string of the molecule is c1ccc(C[C@H]2COC3CN(c4cccc(N5CC6OC[C@H](Cc7ccccc7)N6C5)n4)CN32)cc1. The molecule has 7 nitrogen and oxygen atoms in total. The third-order valence-corrected chi connectivity index (χ3v) is 8.06. The number of hydrogen-bond acceptors (Lipinski definition) is 7. The van der Waals surface area contributed by atoms with E-state index >= 15 is 0 Å². The predicted octanol–water partition coefficient (Wildman–Crippen LogP) is 3.18. The summed E-state index contributed by atoms with van der Waals surface area (Å²) in [6.45, 7) is 5.04. The number of ether oxygens (including phenoxy) is 2. The van der Waals surface area contributed by atoms with Crippen molar-refractivity contribution >= 4 is 11.6 Å². The van der Waals surface area contributed by atoms with Crippen LogP contribution in [0.2, 0.25) is 0 Å². The molecule has 4 aliphatic heterocycles. The number of fused-ring (bicyclic) bond motifs is 2. The molecule has 4 atom stereocenters. The van der Waals surface area contributed by atoms with E-state index in [1.165, 1.54) is 11.1 Å². The molecule has 36 heavy (non-hydrogen) atoms. The molecule has 7 rings (SSSR count). The van der Waals surface area contributed by atoms with Crippen molar-refractivity contribution in [1.82, 2.24) is 14.8 Å². The van der Waals surface area contributed by atoms with Gasteiger partial charge in [-0.15, -0.1) is 0 Å². The monoisotopic (exact) mass is 483 g/mol. The topological polar surface area (TPSA) is 44.3 Å². The molecule has 2 unspecified atom stereocenters. The number of pyridine rings is 1. The summed E-state index contributed by atoms with van der Waals surface area (Å²) in [6.07, 6.45) is 2.34. The van der Waals surface area contributed by atoms with Crippen LogP contribution >= 0.6 is 0 Å². The Hall–Kier alpha value is -2.97. The second kappa shape index (κ2) is 9.48. The second-order valence-corrected chi connectivity index (χ2v) is 10.4. The molecule has 186 valence electrons. The average Bonchev–Trinajstić information content (AvgIpc) is 3.69. The number of hydrogen-bond donors (Lipinski definition) is 0. The normalized spacial score (nSPS) is 28.1. The van der Waals surface area contributed by atoms with Crippen molar-refractivity contribution in [2.45, 2.75) is 37.4 Å². The van der Waals surface area contributed by atoms with Crippen molar-refractivity contribution in [3.63, 3.8) is 0 Å². The first kappa shape index (κ1) is 22.2. The summed E-state index contributed by atoms with van der Waals surface area (Å²) < 4.78 is 12.4. The molecule has 2 aromatic carbocycles. The lowest BCUT2D eigenvalue weighted by atomic mass is 10.1. The van der Waals surface area contributed by atoms with Gasteiger partial charge in [-0.3, -0.25) is 9.80 Å². The van der Waals surface area contributed by atoms with E-state index in [4.69, 9.17) is 14.5 Å². The van der Waals surface area contributed by atoms with Gasteiger partial charge in [-0.25, -0.2) is 4.98 Å². The Bertz CT molecular complexity index is 1090. The molecule has 4 aliphatic rings. The Morgan fingerprint density at radius 3 is 1.56 bits per heavy atom. The van der Waals surface area contributed by atoms with Crippen molar-refractivity contribution in [3.8, 4) is 0 Å². The van der Waals surface area contributed by atoms with E-state index in [0.717, 1.165) is 64.1 Å². The van der Waals surface area contributed by atoms with Crippen LogP contribution in [0, 0.1) is 0 Å². The lowest BCUT2D eigenvalue weighted by Crippen LogP contribution is -2.36. The quantitative estimate of drug-likeness (QED) is 0.534. The zero-order valence-electron chi connectivity index (χ0n) is 20.5. The van der Waals surface area contributed by atoms with E-state index in [0.29, 0.717) is 12.1 Å². The standard InChI is InChI=1S/C29H33N5O2/c1-3-8-22(9-4-1)14-24-18-35-28-16-31(20-33(24)28)26-12-7-13-27(30-26)32-17-29-34(21-32)25(19-36-29)15-23-10-5-2-6-11-23/h1-13,24-25,28-29H,14-21H2/t24-,25-,28?,29?/m0/s1. The summed E-state index contributed by atoms with van der Waals surface area (Å²) in [7, 11) is 0. The van der Waals surface area contributed by atoms with E-state index in [1.54, 1.807) is 0 Å². The minimum Gasteiger partial charge on any atom is -0.360 e. The van der Waals surface area contributed by atoms with Gasteiger partial charge in [0.25, 0.3) is 0 Å². The highest BCUT2D eigenvalue weighted by atomic mass is 16.5. The molecular weight excluding hydrogens is 450 g/mol. The minimum absolute atomic E-state index is 0.147. The fourth-order valence-electron chi connectivity index (χ4n) is 6.13. The first-order valence-corrected chi connectivity index (χ1v) is 13.1. The summed E-state index contributed by atoms with van der Waals surface area (Å²) in [5.74, 6) is 2.05. The molecule has 0 spiro atoms. The van der Waals surface area contributed by atoms with E-state index in [2.05, 4.69) is 98.5 Å². The third-order valence-electron chi connectivity index (χ3n) is 8.06. The Labute approximate surface area is 212 Å². The number of rotatable bonds is 6. The lowest BCUT2D eigenvalue weighted by molar-refractivity contribution is 0.0687. The first-order chi connectivity index (χ1) is 17.8. The van der Waals surface area contributed by atoms with Gasteiger partial charge in [-0.1, -0.05) is 66.7 Å². The van der Waals surface area contributed by atoms with Crippen molar-refractivity contribution in [3.05, 3.63) is 90.0 Å². The molecule has 0 amide bonds. The highest BCUT2D eigenvalue weighted by molar-refractivity contribution is 5.50. The van der Waals surface area contributed by atoms with Gasteiger partial charge < -0.3 is 19.3 Å². The van der Waals surface area contributed by atoms with Crippen LogP contribution in [0.5, 0.6) is 0 Å². The molecule has 0 bridgehead atoms. The van der Waals surface area contributed by atoms with E-state index in [-0.39, 0.29) is 12.5 Å². The number of benzene rings is 2. The molecule has 1 aromatic heterocycles. The van der Waals surface area contributed by atoms with Crippen LogP contribution in [0.3, 0.4) is 0 Å². The van der Waals surface area contributed by atoms with Crippen LogP contribution in [0.15, 0.2) is 78.9 Å². The summed E-state index contributed by atoms with van der Waals surface area (Å²) in [5, 5.41) is 0. The molecule has 5 heterocycles. The van der Waals surface area contributed by atoms with Gasteiger partial charge in [0.15, 0.2) is 0 Å². The van der Waals surface area contributed by atoms with E-state index < -0.39 is 0 Å².